The summed E-state index contributed by atoms with van der Waals surface area (Å²) in [6.07, 6.45) is 0.287. The monoisotopic (exact) mass is 350 g/mol. The van der Waals surface area contributed by atoms with Crippen LogP contribution in [0.1, 0.15) is 5.56 Å². The van der Waals surface area contributed by atoms with E-state index in [2.05, 4.69) is 28.7 Å². The van der Waals surface area contributed by atoms with Crippen molar-refractivity contribution < 1.29 is 4.74 Å². The van der Waals surface area contributed by atoms with Gasteiger partial charge in [0.2, 0.25) is 0 Å². The highest BCUT2D eigenvalue weighted by Crippen LogP contribution is 2.26. The number of ether oxygens (including phenoxy) is 1. The molecule has 0 radical (unpaired) electrons. The van der Waals surface area contributed by atoms with Gasteiger partial charge in [-0.3, -0.25) is 0 Å². The van der Waals surface area contributed by atoms with E-state index in [0.29, 0.717) is 11.4 Å². The van der Waals surface area contributed by atoms with Crippen LogP contribution in [0.25, 0.3) is 0 Å². The van der Waals surface area contributed by atoms with Gasteiger partial charge in [-0.2, -0.15) is 5.26 Å². The number of rotatable bonds is 3. The zero-order valence-corrected chi connectivity index (χ0v) is 11.7. The molecule has 2 N–H and O–H groups in total. The molecule has 2 aromatic rings. The standard InChI is InChI=1S/C14H11IN2O/c15-11-2-1-3-12(9-11)18-13-4-5-14(17)10(8-13)6-7-16/h1-5,8-9H,6,17H2. The summed E-state index contributed by atoms with van der Waals surface area (Å²) >= 11 is 2.23. The van der Waals surface area contributed by atoms with Crippen molar-refractivity contribution in [1.29, 1.82) is 5.26 Å². The van der Waals surface area contributed by atoms with E-state index >= 15 is 0 Å². The quantitative estimate of drug-likeness (QED) is 0.678. The van der Waals surface area contributed by atoms with Crippen LogP contribution in [0.4, 0.5) is 5.69 Å². The molecule has 0 atom stereocenters. The van der Waals surface area contributed by atoms with Gasteiger partial charge in [-0.05, 0) is 64.6 Å². The third kappa shape index (κ3) is 3.14. The number of nitriles is 1. The maximum atomic E-state index is 8.71. The fraction of sp³-hybridized carbons (Fsp3) is 0.0714. The van der Waals surface area contributed by atoms with E-state index in [1.807, 2.05) is 24.3 Å². The summed E-state index contributed by atoms with van der Waals surface area (Å²) in [7, 11) is 0. The minimum absolute atomic E-state index is 0.287. The Labute approximate surface area is 119 Å². The van der Waals surface area contributed by atoms with Crippen LogP contribution in [-0.4, -0.2) is 0 Å². The Hall–Kier alpha value is -1.74. The largest absolute Gasteiger partial charge is 0.457 e. The van der Waals surface area contributed by atoms with Gasteiger partial charge < -0.3 is 10.5 Å². The molecule has 0 amide bonds. The van der Waals surface area contributed by atoms with Crippen molar-refractivity contribution in [2.45, 2.75) is 6.42 Å². The van der Waals surface area contributed by atoms with Crippen molar-refractivity contribution in [3.8, 4) is 17.6 Å². The Morgan fingerprint density at radius 3 is 2.67 bits per heavy atom. The normalized spacial score (nSPS) is 9.78. The zero-order chi connectivity index (χ0) is 13.0. The fourth-order valence-electron chi connectivity index (χ4n) is 1.55. The number of halogens is 1. The molecule has 0 bridgehead atoms. The second-order valence-corrected chi connectivity index (χ2v) is 5.00. The zero-order valence-electron chi connectivity index (χ0n) is 9.56. The maximum Gasteiger partial charge on any atom is 0.128 e. The highest BCUT2D eigenvalue weighted by atomic mass is 127. The smallest absolute Gasteiger partial charge is 0.128 e. The van der Waals surface area contributed by atoms with Crippen LogP contribution in [-0.2, 0) is 6.42 Å². The van der Waals surface area contributed by atoms with E-state index in [9.17, 15) is 0 Å². The second-order valence-electron chi connectivity index (χ2n) is 3.75. The van der Waals surface area contributed by atoms with Crippen LogP contribution >= 0.6 is 22.6 Å². The molecule has 18 heavy (non-hydrogen) atoms. The molecule has 0 heterocycles. The number of nitrogen functional groups attached to an aromatic ring is 1. The van der Waals surface area contributed by atoms with Gasteiger partial charge in [0, 0.05) is 9.26 Å². The molecule has 0 unspecified atom stereocenters. The van der Waals surface area contributed by atoms with Gasteiger partial charge in [-0.1, -0.05) is 6.07 Å². The SMILES string of the molecule is N#CCc1cc(Oc2cccc(I)c2)ccc1N. The molecule has 4 heteroatoms. The Kier molecular flexibility index (Phi) is 4.05. The summed E-state index contributed by atoms with van der Waals surface area (Å²) < 4.78 is 6.84. The fourth-order valence-corrected chi connectivity index (χ4v) is 2.06. The van der Waals surface area contributed by atoms with E-state index in [0.717, 1.165) is 14.9 Å². The third-order valence-corrected chi connectivity index (χ3v) is 3.09. The lowest BCUT2D eigenvalue weighted by atomic mass is 10.1. The molecular formula is C14H11IN2O. The van der Waals surface area contributed by atoms with Crippen molar-refractivity contribution in [2.24, 2.45) is 0 Å². The van der Waals surface area contributed by atoms with Crippen LogP contribution in [0, 0.1) is 14.9 Å². The van der Waals surface area contributed by atoms with Crippen molar-refractivity contribution in [1.82, 2.24) is 0 Å². The molecule has 0 saturated carbocycles. The van der Waals surface area contributed by atoms with Crippen molar-refractivity contribution in [3.05, 3.63) is 51.6 Å². The van der Waals surface area contributed by atoms with Crippen LogP contribution in [0.3, 0.4) is 0 Å². The lowest BCUT2D eigenvalue weighted by Gasteiger charge is -2.08. The number of nitrogens with zero attached hydrogens (tertiary/aromatic N) is 1. The van der Waals surface area contributed by atoms with Crippen molar-refractivity contribution in [3.63, 3.8) is 0 Å². The summed E-state index contributed by atoms with van der Waals surface area (Å²) in [6.45, 7) is 0. The number of hydrogen-bond donors (Lipinski definition) is 1. The Morgan fingerprint density at radius 1 is 1.17 bits per heavy atom. The van der Waals surface area contributed by atoms with Crippen LogP contribution in [0.2, 0.25) is 0 Å². The van der Waals surface area contributed by atoms with E-state index in [1.54, 1.807) is 18.2 Å². The van der Waals surface area contributed by atoms with Gasteiger partial charge in [0.1, 0.15) is 11.5 Å². The van der Waals surface area contributed by atoms with Crippen LogP contribution in [0.5, 0.6) is 11.5 Å². The molecular weight excluding hydrogens is 339 g/mol. The average Bonchev–Trinajstić information content (AvgIpc) is 2.34. The number of anilines is 1. The first kappa shape index (κ1) is 12.7. The molecule has 0 aromatic heterocycles. The molecule has 3 nitrogen and oxygen atoms in total. The van der Waals surface area contributed by atoms with Gasteiger partial charge in [-0.15, -0.1) is 0 Å². The molecule has 0 fully saturated rings. The van der Waals surface area contributed by atoms with Gasteiger partial charge in [0.15, 0.2) is 0 Å². The van der Waals surface area contributed by atoms with Crippen LogP contribution < -0.4 is 10.5 Å². The average molecular weight is 350 g/mol. The molecule has 0 saturated heterocycles. The minimum Gasteiger partial charge on any atom is -0.457 e. The summed E-state index contributed by atoms with van der Waals surface area (Å²) in [5, 5.41) is 8.71. The summed E-state index contributed by atoms with van der Waals surface area (Å²) in [5.41, 5.74) is 7.19. The lowest BCUT2D eigenvalue weighted by Crippen LogP contribution is -1.94. The van der Waals surface area contributed by atoms with Crippen molar-refractivity contribution in [2.75, 3.05) is 5.73 Å². The Balaban J connectivity index is 2.24. The highest BCUT2D eigenvalue weighted by molar-refractivity contribution is 14.1. The minimum atomic E-state index is 0.287. The lowest BCUT2D eigenvalue weighted by molar-refractivity contribution is 0.482. The second kappa shape index (κ2) is 5.74. The Bertz CT molecular complexity index is 605. The Morgan fingerprint density at radius 2 is 1.94 bits per heavy atom. The van der Waals surface area contributed by atoms with E-state index in [4.69, 9.17) is 15.7 Å². The number of hydrogen-bond acceptors (Lipinski definition) is 3. The third-order valence-electron chi connectivity index (χ3n) is 2.42. The van der Waals surface area contributed by atoms with E-state index in [-0.39, 0.29) is 6.42 Å². The molecule has 0 aliphatic rings. The topological polar surface area (TPSA) is 59.0 Å². The summed E-state index contributed by atoms with van der Waals surface area (Å²) in [5.74, 6) is 1.46. The highest BCUT2D eigenvalue weighted by Gasteiger charge is 2.03. The molecule has 2 aromatic carbocycles. The van der Waals surface area contributed by atoms with Crippen LogP contribution in [0.15, 0.2) is 42.5 Å². The van der Waals surface area contributed by atoms with E-state index in [1.165, 1.54) is 0 Å². The molecule has 0 aliphatic carbocycles. The predicted molar refractivity (Wildman–Crippen MR) is 79.4 cm³/mol. The van der Waals surface area contributed by atoms with Gasteiger partial charge in [0.05, 0.1) is 12.5 Å². The molecule has 0 spiro atoms. The van der Waals surface area contributed by atoms with Gasteiger partial charge in [-0.25, -0.2) is 0 Å². The number of benzene rings is 2. The first-order valence-corrected chi connectivity index (χ1v) is 6.45. The molecule has 2 rings (SSSR count). The first-order valence-electron chi connectivity index (χ1n) is 5.38. The van der Waals surface area contributed by atoms with E-state index < -0.39 is 0 Å². The summed E-state index contributed by atoms with van der Waals surface area (Å²) in [4.78, 5) is 0. The van der Waals surface area contributed by atoms with Gasteiger partial charge >= 0.3 is 0 Å². The summed E-state index contributed by atoms with van der Waals surface area (Å²) in [6, 6.07) is 15.2. The molecule has 0 aliphatic heterocycles. The first-order chi connectivity index (χ1) is 8.69. The van der Waals surface area contributed by atoms with Gasteiger partial charge in [0.25, 0.3) is 0 Å². The molecule has 90 valence electrons. The number of nitrogens with two attached hydrogens (primary N) is 1. The predicted octanol–water partition coefficient (Wildman–Crippen LogP) is 3.73. The van der Waals surface area contributed by atoms with Crippen molar-refractivity contribution >= 4 is 28.3 Å². The maximum absolute atomic E-state index is 8.71.